The van der Waals surface area contributed by atoms with E-state index in [2.05, 4.69) is 0 Å². The predicted octanol–water partition coefficient (Wildman–Crippen LogP) is 4.24. The highest BCUT2D eigenvalue weighted by Crippen LogP contribution is 2.64. The molecule has 2 bridgehead atoms. The summed E-state index contributed by atoms with van der Waals surface area (Å²) in [5.41, 5.74) is -0.788. The first-order chi connectivity index (χ1) is 30.0. The number of hydrogen-bond acceptors (Lipinski definition) is 18. The summed E-state index contributed by atoms with van der Waals surface area (Å²) in [6, 6.07) is 15.3. The summed E-state index contributed by atoms with van der Waals surface area (Å²) in [5, 5.41) is 156. The Balaban J connectivity index is 1.19. The Morgan fingerprint density at radius 1 is 0.444 bits per heavy atom. The molecule has 0 unspecified atom stereocenters. The number of benzene rings is 6. The van der Waals surface area contributed by atoms with Crippen LogP contribution >= 0.6 is 0 Å². The fourth-order valence-corrected chi connectivity index (χ4v) is 9.30. The fraction of sp³-hybridized carbons (Fsp3) is 0.200. The van der Waals surface area contributed by atoms with E-state index in [-0.39, 0.29) is 68.4 Å². The van der Waals surface area contributed by atoms with E-state index in [4.69, 9.17) is 18.9 Å². The molecule has 10 rings (SSSR count). The number of aliphatic hydroxyl groups excluding tert-OH is 3. The van der Waals surface area contributed by atoms with E-state index in [0.717, 1.165) is 42.5 Å². The Bertz CT molecular complexity index is 2910. The minimum atomic E-state index is -2.31. The van der Waals surface area contributed by atoms with Crippen molar-refractivity contribution in [2.24, 2.45) is 0 Å². The maximum absolute atomic E-state index is 12.6. The average Bonchev–Trinajstić information content (AvgIpc) is 3.22. The van der Waals surface area contributed by atoms with Gasteiger partial charge in [-0.25, -0.2) is 0 Å². The molecule has 4 heterocycles. The molecule has 0 radical (unpaired) electrons. The van der Waals surface area contributed by atoms with Crippen molar-refractivity contribution in [3.63, 3.8) is 0 Å². The molecular formula is C45H36O18. The van der Waals surface area contributed by atoms with Crippen LogP contribution < -0.4 is 18.9 Å². The molecule has 4 aliphatic rings. The zero-order chi connectivity index (χ0) is 44.5. The highest BCUT2D eigenvalue weighted by atomic mass is 16.7. The minimum absolute atomic E-state index is 0.0325. The first-order valence-corrected chi connectivity index (χ1v) is 19.3. The average molecular weight is 865 g/mol. The lowest BCUT2D eigenvalue weighted by Gasteiger charge is -2.50. The topological polar surface area (TPSA) is 320 Å². The number of fused-ring (bicyclic) bond motifs is 8. The van der Waals surface area contributed by atoms with Gasteiger partial charge in [0.05, 0.1) is 17.9 Å². The lowest BCUT2D eigenvalue weighted by molar-refractivity contribution is -0.218. The SMILES string of the molecule is Oc1cc(O)c2c(c1)O[C@@]1(c3ccc(O)c(O)c3)Oc3cc4c(c(O)c3[C@@H]2[C@H]1O)[C@H](c1c(O)cc2c(c1O)C[C@@H](O)[C@@H](c1ccc(O)c(O)c1)O2)[C@@H](O)[C@@H](c1ccc(O)c(O)c1)O4. The Morgan fingerprint density at radius 2 is 1.00 bits per heavy atom. The Morgan fingerprint density at radius 3 is 1.63 bits per heavy atom. The van der Waals surface area contributed by atoms with E-state index in [9.17, 15) is 71.5 Å². The number of rotatable bonds is 4. The zero-order valence-corrected chi connectivity index (χ0v) is 32.1. The molecule has 6 aromatic carbocycles. The van der Waals surface area contributed by atoms with Gasteiger partial charge in [-0.05, 0) is 53.6 Å². The summed E-state index contributed by atoms with van der Waals surface area (Å²) in [7, 11) is 0. The molecule has 0 amide bonds. The van der Waals surface area contributed by atoms with Gasteiger partial charge < -0.3 is 90.4 Å². The minimum Gasteiger partial charge on any atom is -0.508 e. The van der Waals surface area contributed by atoms with Crippen LogP contribution in [0.1, 0.15) is 68.6 Å². The molecule has 8 atom stereocenters. The second kappa shape index (κ2) is 13.6. The summed E-state index contributed by atoms with van der Waals surface area (Å²) in [6.45, 7) is 0. The second-order valence-corrected chi connectivity index (χ2v) is 15.9. The first-order valence-electron chi connectivity index (χ1n) is 19.3. The van der Waals surface area contributed by atoms with E-state index >= 15 is 0 Å². The van der Waals surface area contributed by atoms with Crippen molar-refractivity contribution in [1.82, 2.24) is 0 Å². The molecule has 4 aliphatic heterocycles. The van der Waals surface area contributed by atoms with Gasteiger partial charge in [0.2, 0.25) is 0 Å². The van der Waals surface area contributed by atoms with Crippen LogP contribution in [0.5, 0.6) is 86.2 Å². The molecule has 0 saturated heterocycles. The molecule has 63 heavy (non-hydrogen) atoms. The van der Waals surface area contributed by atoms with Crippen molar-refractivity contribution in [2.75, 3.05) is 0 Å². The molecule has 0 spiro atoms. The smallest absolute Gasteiger partial charge is 0.305 e. The van der Waals surface area contributed by atoms with E-state index in [0.29, 0.717) is 0 Å². The van der Waals surface area contributed by atoms with Crippen molar-refractivity contribution in [3.05, 3.63) is 123 Å². The van der Waals surface area contributed by atoms with Gasteiger partial charge in [0.1, 0.15) is 70.1 Å². The Hall–Kier alpha value is -7.80. The number of aliphatic hydroxyl groups is 3. The number of aromatic hydroxyl groups is 11. The van der Waals surface area contributed by atoms with Crippen LogP contribution in [0.2, 0.25) is 0 Å². The van der Waals surface area contributed by atoms with Crippen molar-refractivity contribution in [3.8, 4) is 86.2 Å². The molecule has 18 heteroatoms. The van der Waals surface area contributed by atoms with Gasteiger partial charge in [-0.2, -0.15) is 0 Å². The van der Waals surface area contributed by atoms with Gasteiger partial charge in [0, 0.05) is 64.1 Å². The van der Waals surface area contributed by atoms with Crippen LogP contribution in [-0.4, -0.2) is 89.8 Å². The number of ether oxygens (including phenoxy) is 4. The Kier molecular flexibility index (Phi) is 8.49. The van der Waals surface area contributed by atoms with E-state index in [1.807, 2.05) is 0 Å². The van der Waals surface area contributed by atoms with Gasteiger partial charge >= 0.3 is 5.79 Å². The standard InChI is InChI=1S/C45H36O18/c46-18-10-26(53)33-31(11-18)62-45(17-3-6-22(49)25(52)9-17)44(59)38(33)36-32(63-45)14-30-35(40(36)57)37(41(58)43(61-30)16-2-5-21(48)24(51)8-16)34-27(54)13-29-19(39(34)56)12-28(55)42(60-29)15-1-4-20(47)23(50)7-15/h1-11,13-14,28,37-38,41-44,46-59H,12H2/t28-,37+,38-,41-,42-,43-,44-,45+/m1/s1. The quantitative estimate of drug-likeness (QED) is 0.110. The molecule has 6 aromatic rings. The maximum Gasteiger partial charge on any atom is 0.305 e. The van der Waals surface area contributed by atoms with E-state index < -0.39 is 117 Å². The first kappa shape index (κ1) is 39.3. The lowest BCUT2D eigenvalue weighted by atomic mass is 9.72. The van der Waals surface area contributed by atoms with Crippen LogP contribution in [0.25, 0.3) is 0 Å². The number of phenolic OH excluding ortho intramolecular Hbond substituents is 11. The predicted molar refractivity (Wildman–Crippen MR) is 212 cm³/mol. The highest BCUT2D eigenvalue weighted by Gasteiger charge is 2.60. The molecular weight excluding hydrogens is 828 g/mol. The maximum atomic E-state index is 12.6. The summed E-state index contributed by atoms with van der Waals surface area (Å²) in [5.74, 6) is -12.5. The number of hydrogen-bond donors (Lipinski definition) is 14. The summed E-state index contributed by atoms with van der Waals surface area (Å²) in [4.78, 5) is 0. The molecule has 0 saturated carbocycles. The summed E-state index contributed by atoms with van der Waals surface area (Å²) >= 11 is 0. The summed E-state index contributed by atoms with van der Waals surface area (Å²) in [6.07, 6.45) is -8.06. The molecule has 0 aromatic heterocycles. The van der Waals surface area contributed by atoms with E-state index in [1.54, 1.807) is 0 Å². The molecule has 324 valence electrons. The van der Waals surface area contributed by atoms with Gasteiger partial charge in [0.25, 0.3) is 0 Å². The normalized spacial score (nSPS) is 25.2. The van der Waals surface area contributed by atoms with Gasteiger partial charge in [-0.15, -0.1) is 0 Å². The van der Waals surface area contributed by atoms with Gasteiger partial charge in [0.15, 0.2) is 40.6 Å². The third kappa shape index (κ3) is 5.68. The van der Waals surface area contributed by atoms with E-state index in [1.165, 1.54) is 36.4 Å². The van der Waals surface area contributed by atoms with Crippen molar-refractivity contribution in [1.29, 1.82) is 0 Å². The summed E-state index contributed by atoms with van der Waals surface area (Å²) < 4.78 is 25.0. The zero-order valence-electron chi connectivity index (χ0n) is 32.1. The molecule has 18 nitrogen and oxygen atoms in total. The van der Waals surface area contributed by atoms with Crippen molar-refractivity contribution < 1.29 is 90.4 Å². The molecule has 0 aliphatic carbocycles. The highest BCUT2D eigenvalue weighted by molar-refractivity contribution is 5.71. The van der Waals surface area contributed by atoms with Crippen LogP contribution in [0, 0.1) is 0 Å². The number of phenols is 11. The fourth-order valence-electron chi connectivity index (χ4n) is 9.30. The second-order valence-electron chi connectivity index (χ2n) is 15.9. The lowest BCUT2D eigenvalue weighted by Crippen LogP contribution is -2.57. The third-order valence-electron chi connectivity index (χ3n) is 12.2. The van der Waals surface area contributed by atoms with Crippen LogP contribution in [0.3, 0.4) is 0 Å². The third-order valence-corrected chi connectivity index (χ3v) is 12.2. The molecule has 0 fully saturated rings. The van der Waals surface area contributed by atoms with Crippen molar-refractivity contribution >= 4 is 0 Å². The largest absolute Gasteiger partial charge is 0.508 e. The van der Waals surface area contributed by atoms with Crippen LogP contribution in [-0.2, 0) is 12.2 Å². The van der Waals surface area contributed by atoms with Gasteiger partial charge in [-0.3, -0.25) is 0 Å². The monoisotopic (exact) mass is 864 g/mol. The van der Waals surface area contributed by atoms with Crippen LogP contribution in [0.15, 0.2) is 78.9 Å². The van der Waals surface area contributed by atoms with Gasteiger partial charge in [-0.1, -0.05) is 12.1 Å². The molecule has 14 N–H and O–H groups in total. The Labute approximate surface area is 354 Å². The van der Waals surface area contributed by atoms with Crippen molar-refractivity contribution in [2.45, 2.75) is 54.6 Å². The van der Waals surface area contributed by atoms with Crippen LogP contribution in [0.4, 0.5) is 0 Å².